The molecule has 0 amide bonds. The molecule has 1 N–H and O–H groups in total. The number of rotatable bonds is 2. The lowest BCUT2D eigenvalue weighted by Crippen LogP contribution is -2.36. The summed E-state index contributed by atoms with van der Waals surface area (Å²) >= 11 is 0. The molecule has 1 spiro atoms. The molecule has 0 radical (unpaired) electrons. The number of nitrogens with one attached hydrogen (secondary N) is 1. The van der Waals surface area contributed by atoms with Gasteiger partial charge in [-0.1, -0.05) is 18.2 Å². The van der Waals surface area contributed by atoms with Gasteiger partial charge in [0.15, 0.2) is 0 Å². The van der Waals surface area contributed by atoms with Crippen molar-refractivity contribution in [2.45, 2.75) is 38.6 Å². The molecule has 0 unspecified atom stereocenters. The normalized spacial score (nSPS) is 23.6. The molecule has 1 aromatic carbocycles. The van der Waals surface area contributed by atoms with Gasteiger partial charge in [-0.05, 0) is 55.2 Å². The largest absolute Gasteiger partial charge is 0.384 e. The van der Waals surface area contributed by atoms with Crippen molar-refractivity contribution in [1.29, 1.82) is 0 Å². The van der Waals surface area contributed by atoms with Gasteiger partial charge in [-0.3, -0.25) is 4.90 Å². The zero-order chi connectivity index (χ0) is 12.0. The first-order valence-corrected chi connectivity index (χ1v) is 7.42. The zero-order valence-electron chi connectivity index (χ0n) is 11.5. The van der Waals surface area contributed by atoms with Gasteiger partial charge < -0.3 is 5.32 Å². The van der Waals surface area contributed by atoms with Crippen LogP contribution in [0.1, 0.15) is 36.8 Å². The van der Waals surface area contributed by atoms with Crippen molar-refractivity contribution >= 4 is 18.1 Å². The molecule has 2 nitrogen and oxygen atoms in total. The zero-order valence-corrected chi connectivity index (χ0v) is 12.3. The summed E-state index contributed by atoms with van der Waals surface area (Å²) in [5.74, 6) is 0. The van der Waals surface area contributed by atoms with Crippen LogP contribution >= 0.6 is 12.4 Å². The molecule has 2 heterocycles. The third-order valence-electron chi connectivity index (χ3n) is 5.02. The van der Waals surface area contributed by atoms with Gasteiger partial charge in [0.2, 0.25) is 0 Å². The number of nitrogens with zero attached hydrogens (tertiary/aromatic N) is 1. The Bertz CT molecular complexity index is 468. The first-order valence-electron chi connectivity index (χ1n) is 7.42. The van der Waals surface area contributed by atoms with Gasteiger partial charge in [-0.15, -0.1) is 12.4 Å². The van der Waals surface area contributed by atoms with E-state index in [1.165, 1.54) is 62.0 Å². The highest BCUT2D eigenvalue weighted by Gasteiger charge is 2.45. The molecule has 1 saturated heterocycles. The number of halogens is 1. The van der Waals surface area contributed by atoms with Crippen molar-refractivity contribution in [3.05, 3.63) is 29.3 Å². The van der Waals surface area contributed by atoms with E-state index in [0.29, 0.717) is 0 Å². The van der Waals surface area contributed by atoms with E-state index in [-0.39, 0.29) is 12.4 Å². The molecule has 2 fully saturated rings. The Morgan fingerprint density at radius 3 is 2.95 bits per heavy atom. The molecule has 0 atom stereocenters. The summed E-state index contributed by atoms with van der Waals surface area (Å²) in [6, 6.07) is 6.82. The average molecular weight is 279 g/mol. The molecule has 3 heteroatoms. The maximum absolute atomic E-state index is 3.57. The number of piperidine rings is 1. The fourth-order valence-electron chi connectivity index (χ4n) is 3.81. The van der Waals surface area contributed by atoms with Crippen molar-refractivity contribution < 1.29 is 0 Å². The smallest absolute Gasteiger partial charge is 0.0419 e. The van der Waals surface area contributed by atoms with E-state index in [1.54, 1.807) is 0 Å². The topological polar surface area (TPSA) is 15.3 Å². The minimum atomic E-state index is 0. The third kappa shape index (κ3) is 2.48. The van der Waals surface area contributed by atoms with Crippen LogP contribution in [0.5, 0.6) is 0 Å². The lowest BCUT2D eigenvalue weighted by atomic mass is 9.94. The monoisotopic (exact) mass is 278 g/mol. The van der Waals surface area contributed by atoms with E-state index in [9.17, 15) is 0 Å². The minimum absolute atomic E-state index is 0. The number of para-hydroxylation sites is 1. The number of likely N-dealkylation sites (tertiary alicyclic amines) is 1. The van der Waals surface area contributed by atoms with Gasteiger partial charge >= 0.3 is 0 Å². The van der Waals surface area contributed by atoms with Crippen molar-refractivity contribution in [3.8, 4) is 0 Å². The average Bonchev–Trinajstić information content (AvgIpc) is 2.93. The summed E-state index contributed by atoms with van der Waals surface area (Å²) in [5.41, 5.74) is 5.21. The van der Waals surface area contributed by atoms with E-state index in [1.807, 2.05) is 0 Å². The van der Waals surface area contributed by atoms with Gasteiger partial charge in [0.1, 0.15) is 0 Å². The summed E-state index contributed by atoms with van der Waals surface area (Å²) in [6.07, 6.45) is 7.05. The summed E-state index contributed by atoms with van der Waals surface area (Å²) < 4.78 is 0. The van der Waals surface area contributed by atoms with Crippen LogP contribution in [0.25, 0.3) is 0 Å². The van der Waals surface area contributed by atoms with Gasteiger partial charge in [0.05, 0.1) is 0 Å². The predicted octanol–water partition coefficient (Wildman–Crippen LogP) is 3.45. The molecular formula is C16H23ClN2. The Balaban J connectivity index is 0.00000110. The molecule has 0 aromatic heterocycles. The standard InChI is InChI=1S/C16H22N2.ClH/c1-3-13-5-9-17-15(13)14(4-1)11-18-10-2-6-16(12-18)7-8-16;/h1,3-4,17H,2,5-12H2;1H. The highest BCUT2D eigenvalue weighted by molar-refractivity contribution is 5.85. The lowest BCUT2D eigenvalue weighted by Gasteiger charge is -2.33. The van der Waals surface area contributed by atoms with Gasteiger partial charge in [-0.25, -0.2) is 0 Å². The first kappa shape index (κ1) is 13.3. The summed E-state index contributed by atoms with van der Waals surface area (Å²) in [5, 5.41) is 3.57. The Morgan fingerprint density at radius 2 is 2.11 bits per heavy atom. The van der Waals surface area contributed by atoms with E-state index >= 15 is 0 Å². The second kappa shape index (κ2) is 4.99. The molecule has 4 rings (SSSR count). The summed E-state index contributed by atoms with van der Waals surface area (Å²) in [6.45, 7) is 4.91. The van der Waals surface area contributed by atoms with Gasteiger partial charge in [0.25, 0.3) is 0 Å². The van der Waals surface area contributed by atoms with Gasteiger partial charge in [-0.2, -0.15) is 0 Å². The molecule has 0 bridgehead atoms. The fraction of sp³-hybridized carbons (Fsp3) is 0.625. The Kier molecular flexibility index (Phi) is 3.48. The third-order valence-corrected chi connectivity index (χ3v) is 5.02. The van der Waals surface area contributed by atoms with Crippen LogP contribution in [0.15, 0.2) is 18.2 Å². The Morgan fingerprint density at radius 1 is 1.21 bits per heavy atom. The van der Waals surface area contributed by atoms with Crippen LogP contribution in [0, 0.1) is 5.41 Å². The number of benzene rings is 1. The van der Waals surface area contributed by atoms with Crippen LogP contribution in [-0.2, 0) is 13.0 Å². The maximum atomic E-state index is 3.57. The minimum Gasteiger partial charge on any atom is -0.384 e. The highest BCUT2D eigenvalue weighted by Crippen LogP contribution is 2.52. The van der Waals surface area contributed by atoms with Crippen LogP contribution in [0.4, 0.5) is 5.69 Å². The second-order valence-corrected chi connectivity index (χ2v) is 6.44. The van der Waals surface area contributed by atoms with Crippen LogP contribution in [0.2, 0.25) is 0 Å². The molecule has 1 aliphatic carbocycles. The molecule has 104 valence electrons. The molecule has 1 aromatic rings. The lowest BCUT2D eigenvalue weighted by molar-refractivity contribution is 0.154. The van der Waals surface area contributed by atoms with E-state index in [4.69, 9.17) is 0 Å². The molecule has 3 aliphatic rings. The molecule has 1 saturated carbocycles. The molecular weight excluding hydrogens is 256 g/mol. The maximum Gasteiger partial charge on any atom is 0.0419 e. The Labute approximate surface area is 122 Å². The number of hydrogen-bond acceptors (Lipinski definition) is 2. The SMILES string of the molecule is Cl.c1cc2c(c(CN3CCCC4(CC4)C3)c1)NCC2. The van der Waals surface area contributed by atoms with E-state index < -0.39 is 0 Å². The fourth-order valence-corrected chi connectivity index (χ4v) is 3.81. The summed E-state index contributed by atoms with van der Waals surface area (Å²) in [7, 11) is 0. The van der Waals surface area contributed by atoms with Gasteiger partial charge in [0, 0.05) is 25.3 Å². The number of anilines is 1. The van der Waals surface area contributed by atoms with Crippen molar-refractivity contribution in [2.24, 2.45) is 5.41 Å². The summed E-state index contributed by atoms with van der Waals surface area (Å²) in [4.78, 5) is 2.69. The predicted molar refractivity (Wildman–Crippen MR) is 82.1 cm³/mol. The van der Waals surface area contributed by atoms with E-state index in [2.05, 4.69) is 28.4 Å². The van der Waals surface area contributed by atoms with Crippen molar-refractivity contribution in [3.63, 3.8) is 0 Å². The second-order valence-electron chi connectivity index (χ2n) is 6.44. The highest BCUT2D eigenvalue weighted by atomic mass is 35.5. The van der Waals surface area contributed by atoms with Crippen LogP contribution in [0.3, 0.4) is 0 Å². The molecule has 2 aliphatic heterocycles. The van der Waals surface area contributed by atoms with Crippen LogP contribution in [-0.4, -0.2) is 24.5 Å². The number of hydrogen-bond donors (Lipinski definition) is 1. The van der Waals surface area contributed by atoms with Crippen LogP contribution < -0.4 is 5.32 Å². The van der Waals surface area contributed by atoms with E-state index in [0.717, 1.165) is 18.5 Å². The molecule has 19 heavy (non-hydrogen) atoms. The Hall–Kier alpha value is -0.730. The first-order chi connectivity index (χ1) is 8.85. The number of fused-ring (bicyclic) bond motifs is 1. The van der Waals surface area contributed by atoms with Crippen molar-refractivity contribution in [1.82, 2.24) is 4.90 Å². The van der Waals surface area contributed by atoms with Crippen molar-refractivity contribution in [2.75, 3.05) is 25.0 Å². The quantitative estimate of drug-likeness (QED) is 0.891.